The van der Waals surface area contributed by atoms with E-state index in [0.717, 1.165) is 35.8 Å². The lowest BCUT2D eigenvalue weighted by atomic mass is 9.84. The molecule has 27 heavy (non-hydrogen) atoms. The molecule has 0 radical (unpaired) electrons. The van der Waals surface area contributed by atoms with Gasteiger partial charge in [0.15, 0.2) is 11.5 Å². The number of ether oxygens (including phenoxy) is 5. The quantitative estimate of drug-likeness (QED) is 0.823. The molecule has 0 aliphatic carbocycles. The van der Waals surface area contributed by atoms with E-state index >= 15 is 0 Å². The van der Waals surface area contributed by atoms with Gasteiger partial charge in [-0.1, -0.05) is 18.2 Å². The first-order chi connectivity index (χ1) is 13.3. The Bertz CT molecular complexity index is 849. The summed E-state index contributed by atoms with van der Waals surface area (Å²) in [6.07, 6.45) is 1.08. The fraction of sp³-hybridized carbons (Fsp3) is 0.455. The highest BCUT2D eigenvalue weighted by molar-refractivity contribution is 5.44. The number of hydrogen-bond acceptors (Lipinski definition) is 5. The maximum Gasteiger partial charge on any atom is 0.161 e. The van der Waals surface area contributed by atoms with E-state index in [2.05, 4.69) is 24.3 Å². The molecule has 0 aromatic heterocycles. The maximum absolute atomic E-state index is 6.23. The van der Waals surface area contributed by atoms with Crippen molar-refractivity contribution >= 4 is 0 Å². The normalized spacial score (nSPS) is 28.5. The molecule has 3 aliphatic heterocycles. The summed E-state index contributed by atoms with van der Waals surface area (Å²) in [4.78, 5) is 0. The average molecular weight is 368 g/mol. The summed E-state index contributed by atoms with van der Waals surface area (Å²) in [5, 5.41) is 0. The van der Waals surface area contributed by atoms with Crippen LogP contribution in [0.3, 0.4) is 0 Å². The van der Waals surface area contributed by atoms with Gasteiger partial charge in [-0.05, 0) is 34.9 Å². The minimum absolute atomic E-state index is 0.0190. The van der Waals surface area contributed by atoms with Gasteiger partial charge in [0.25, 0.3) is 0 Å². The van der Waals surface area contributed by atoms with Gasteiger partial charge in [-0.15, -0.1) is 0 Å². The average Bonchev–Trinajstić information content (AvgIpc) is 3.42. The smallest absolute Gasteiger partial charge is 0.161 e. The molecule has 2 aromatic carbocycles. The largest absolute Gasteiger partial charge is 0.493 e. The van der Waals surface area contributed by atoms with E-state index in [-0.39, 0.29) is 12.2 Å². The Morgan fingerprint density at radius 1 is 0.815 bits per heavy atom. The molecule has 2 aromatic rings. The minimum atomic E-state index is 0.0190. The van der Waals surface area contributed by atoms with Crippen LogP contribution in [0.25, 0.3) is 0 Å². The van der Waals surface area contributed by atoms with Crippen molar-refractivity contribution in [3.63, 3.8) is 0 Å². The van der Waals surface area contributed by atoms with E-state index in [9.17, 15) is 0 Å². The number of rotatable bonds is 4. The first kappa shape index (κ1) is 16.9. The molecule has 0 saturated carbocycles. The van der Waals surface area contributed by atoms with Gasteiger partial charge in [0, 0.05) is 18.3 Å². The third-order valence-electron chi connectivity index (χ3n) is 6.05. The third kappa shape index (κ3) is 2.77. The Balaban J connectivity index is 1.39. The first-order valence-corrected chi connectivity index (χ1v) is 9.49. The van der Waals surface area contributed by atoms with Crippen molar-refractivity contribution in [2.75, 3.05) is 34.0 Å². The monoisotopic (exact) mass is 368 g/mol. The van der Waals surface area contributed by atoms with Crippen LogP contribution in [0.1, 0.15) is 28.9 Å². The second kappa shape index (κ2) is 6.73. The topological polar surface area (TPSA) is 46.2 Å². The molecular formula is C22H24O5. The molecule has 0 amide bonds. The highest BCUT2D eigenvalue weighted by Gasteiger charge is 2.48. The Hall–Kier alpha value is -2.24. The van der Waals surface area contributed by atoms with Gasteiger partial charge in [0.1, 0.15) is 5.75 Å². The van der Waals surface area contributed by atoms with Crippen molar-refractivity contribution in [3.8, 4) is 17.2 Å². The zero-order valence-corrected chi connectivity index (χ0v) is 15.6. The van der Waals surface area contributed by atoms with Gasteiger partial charge < -0.3 is 23.7 Å². The van der Waals surface area contributed by atoms with Gasteiger partial charge in [0.2, 0.25) is 0 Å². The molecule has 2 saturated heterocycles. The Morgan fingerprint density at radius 3 is 2.19 bits per heavy atom. The molecule has 2 fully saturated rings. The number of benzene rings is 2. The molecule has 5 rings (SSSR count). The first-order valence-electron chi connectivity index (χ1n) is 9.49. The summed E-state index contributed by atoms with van der Waals surface area (Å²) in [6, 6.07) is 12.5. The lowest BCUT2D eigenvalue weighted by Crippen LogP contribution is -2.14. The van der Waals surface area contributed by atoms with Crippen LogP contribution in [-0.4, -0.2) is 34.0 Å². The van der Waals surface area contributed by atoms with Crippen molar-refractivity contribution in [1.29, 1.82) is 0 Å². The van der Waals surface area contributed by atoms with Gasteiger partial charge in [-0.3, -0.25) is 0 Å². The standard InChI is InChI=1S/C22H24O5/c1-23-18-6-5-15(10-20(18)24-2)22-17-12-26-21(16(17)11-27-22)14-4-3-13-7-8-25-19(13)9-14/h3-6,9-10,16-17,21-22H,7-8,11-12H2,1-2H3/t16-,17-,21+,22-/m0/s1. The Kier molecular flexibility index (Phi) is 4.21. The lowest BCUT2D eigenvalue weighted by molar-refractivity contribution is 0.0191. The van der Waals surface area contributed by atoms with E-state index in [1.54, 1.807) is 14.2 Å². The van der Waals surface area contributed by atoms with Crippen molar-refractivity contribution in [2.24, 2.45) is 11.8 Å². The Labute approximate surface area is 159 Å². The van der Waals surface area contributed by atoms with Crippen LogP contribution in [0, 0.1) is 11.8 Å². The molecule has 0 spiro atoms. The SMILES string of the molecule is COc1ccc([C@@H]2OC[C@H]3[C@@H]2CO[C@@H]3c2ccc3c(c2)OCC3)cc1OC. The van der Waals surface area contributed by atoms with Crippen LogP contribution in [-0.2, 0) is 15.9 Å². The van der Waals surface area contributed by atoms with E-state index in [0.29, 0.717) is 25.0 Å². The van der Waals surface area contributed by atoms with Gasteiger partial charge in [-0.2, -0.15) is 0 Å². The van der Waals surface area contributed by atoms with Crippen molar-refractivity contribution < 1.29 is 23.7 Å². The number of hydrogen-bond donors (Lipinski definition) is 0. The molecule has 3 aliphatic rings. The zero-order chi connectivity index (χ0) is 18.4. The van der Waals surface area contributed by atoms with Crippen molar-refractivity contribution in [2.45, 2.75) is 18.6 Å². The van der Waals surface area contributed by atoms with Crippen molar-refractivity contribution in [3.05, 3.63) is 53.1 Å². The highest BCUT2D eigenvalue weighted by atomic mass is 16.5. The predicted molar refractivity (Wildman–Crippen MR) is 99.6 cm³/mol. The molecule has 5 nitrogen and oxygen atoms in total. The fourth-order valence-electron chi connectivity index (χ4n) is 4.62. The van der Waals surface area contributed by atoms with Crippen LogP contribution >= 0.6 is 0 Å². The summed E-state index contributed by atoms with van der Waals surface area (Å²) in [5.41, 5.74) is 3.60. The molecule has 0 N–H and O–H groups in total. The summed E-state index contributed by atoms with van der Waals surface area (Å²) in [7, 11) is 3.31. The van der Waals surface area contributed by atoms with E-state index in [4.69, 9.17) is 23.7 Å². The predicted octanol–water partition coefficient (Wildman–Crippen LogP) is 3.71. The Morgan fingerprint density at radius 2 is 1.48 bits per heavy atom. The molecule has 142 valence electrons. The van der Waals surface area contributed by atoms with E-state index < -0.39 is 0 Å². The third-order valence-corrected chi connectivity index (χ3v) is 6.05. The zero-order valence-electron chi connectivity index (χ0n) is 15.6. The van der Waals surface area contributed by atoms with E-state index in [1.165, 1.54) is 11.1 Å². The summed E-state index contributed by atoms with van der Waals surface area (Å²) in [6.45, 7) is 2.18. The summed E-state index contributed by atoms with van der Waals surface area (Å²) < 4.78 is 29.0. The maximum atomic E-state index is 6.23. The van der Waals surface area contributed by atoms with Crippen LogP contribution in [0.15, 0.2) is 36.4 Å². The minimum Gasteiger partial charge on any atom is -0.493 e. The van der Waals surface area contributed by atoms with Gasteiger partial charge in [0.05, 0.1) is 46.2 Å². The number of methoxy groups -OCH3 is 2. The number of fused-ring (bicyclic) bond motifs is 2. The fourth-order valence-corrected chi connectivity index (χ4v) is 4.62. The van der Waals surface area contributed by atoms with Crippen LogP contribution in [0.2, 0.25) is 0 Å². The molecular weight excluding hydrogens is 344 g/mol. The van der Waals surface area contributed by atoms with Gasteiger partial charge in [-0.25, -0.2) is 0 Å². The van der Waals surface area contributed by atoms with Crippen LogP contribution in [0.4, 0.5) is 0 Å². The van der Waals surface area contributed by atoms with Crippen LogP contribution in [0.5, 0.6) is 17.2 Å². The summed E-state index contributed by atoms with van der Waals surface area (Å²) >= 11 is 0. The molecule has 5 heteroatoms. The molecule has 0 bridgehead atoms. The summed E-state index contributed by atoms with van der Waals surface area (Å²) in [5.74, 6) is 3.16. The molecule has 4 atom stereocenters. The van der Waals surface area contributed by atoms with Crippen LogP contribution < -0.4 is 14.2 Å². The van der Waals surface area contributed by atoms with Gasteiger partial charge >= 0.3 is 0 Å². The molecule has 3 heterocycles. The second-order valence-corrected chi connectivity index (χ2v) is 7.42. The highest BCUT2D eigenvalue weighted by Crippen LogP contribution is 2.51. The van der Waals surface area contributed by atoms with Crippen molar-refractivity contribution in [1.82, 2.24) is 0 Å². The lowest BCUT2D eigenvalue weighted by Gasteiger charge is -2.18. The van der Waals surface area contributed by atoms with E-state index in [1.807, 2.05) is 12.1 Å². The molecule has 0 unspecified atom stereocenters. The second-order valence-electron chi connectivity index (χ2n) is 7.42.